The lowest BCUT2D eigenvalue weighted by atomic mass is 10.1. The fourth-order valence-electron chi connectivity index (χ4n) is 3.60. The van der Waals surface area contributed by atoms with Crippen molar-refractivity contribution in [1.82, 2.24) is 25.5 Å². The Morgan fingerprint density at radius 1 is 1.27 bits per heavy atom. The van der Waals surface area contributed by atoms with E-state index in [4.69, 9.17) is 4.74 Å². The van der Waals surface area contributed by atoms with Crippen LogP contribution in [0.2, 0.25) is 0 Å². The van der Waals surface area contributed by atoms with Crippen molar-refractivity contribution < 1.29 is 9.53 Å². The molecule has 0 bridgehead atoms. The standard InChI is InChI=1S/C18H20N6O2/c25-18(22-12-3-4-12)26-13-2-1-7-24(10-13)17-15-11(9-21-23-17)8-20-16-14(15)5-6-19-16/h5-6,8-9,12-13,23H,1-4,7,10H2,(H,22,25). The van der Waals surface area contributed by atoms with Gasteiger partial charge in [-0.25, -0.2) is 14.8 Å². The summed E-state index contributed by atoms with van der Waals surface area (Å²) in [6, 6.07) is 2.28. The number of rotatable bonds is 3. The molecule has 1 aliphatic heterocycles. The first-order valence-corrected chi connectivity index (χ1v) is 9.07. The number of nitrogens with one attached hydrogen (secondary N) is 2. The third-order valence-corrected chi connectivity index (χ3v) is 5.04. The van der Waals surface area contributed by atoms with Crippen molar-refractivity contribution in [2.75, 3.05) is 18.0 Å². The quantitative estimate of drug-likeness (QED) is 0.751. The van der Waals surface area contributed by atoms with Gasteiger partial charge in [-0.1, -0.05) is 0 Å². The molecule has 1 aliphatic carbocycles. The van der Waals surface area contributed by atoms with Crippen molar-refractivity contribution in [3.8, 4) is 0 Å². The largest absolute Gasteiger partial charge is 0.444 e. The Hall–Kier alpha value is -2.90. The first kappa shape index (κ1) is 15.4. The third-order valence-electron chi connectivity index (χ3n) is 5.04. The van der Waals surface area contributed by atoms with Crippen LogP contribution in [0.15, 0.2) is 24.7 Å². The average molecular weight is 352 g/mol. The Balaban J connectivity index is 1.43. The lowest BCUT2D eigenvalue weighted by Gasteiger charge is -2.34. The van der Waals surface area contributed by atoms with E-state index in [1.165, 1.54) is 0 Å². The molecule has 1 unspecified atom stereocenters. The van der Waals surface area contributed by atoms with Gasteiger partial charge in [-0.2, -0.15) is 5.10 Å². The zero-order chi connectivity index (χ0) is 17.5. The number of nitrogens with zero attached hydrogens (tertiary/aromatic N) is 4. The summed E-state index contributed by atoms with van der Waals surface area (Å²) in [6.45, 7) is 1.53. The molecule has 3 aromatic rings. The van der Waals surface area contributed by atoms with Gasteiger partial charge in [0.2, 0.25) is 0 Å². The van der Waals surface area contributed by atoms with E-state index in [0.717, 1.165) is 59.9 Å². The summed E-state index contributed by atoms with van der Waals surface area (Å²) in [4.78, 5) is 22.9. The molecule has 4 heterocycles. The Bertz CT molecular complexity index is 967. The number of fused-ring (bicyclic) bond motifs is 3. The second kappa shape index (κ2) is 6.12. The Kier molecular flexibility index (Phi) is 3.62. The second-order valence-electron chi connectivity index (χ2n) is 7.02. The summed E-state index contributed by atoms with van der Waals surface area (Å²) in [5.74, 6) is 0.929. The fourth-order valence-corrected chi connectivity index (χ4v) is 3.60. The van der Waals surface area contributed by atoms with Crippen LogP contribution in [-0.4, -0.2) is 51.5 Å². The summed E-state index contributed by atoms with van der Waals surface area (Å²) in [7, 11) is 0. The van der Waals surface area contributed by atoms with Gasteiger partial charge in [0.25, 0.3) is 0 Å². The van der Waals surface area contributed by atoms with Crippen molar-refractivity contribution >= 4 is 33.7 Å². The van der Waals surface area contributed by atoms with Crippen LogP contribution < -0.4 is 10.2 Å². The second-order valence-corrected chi connectivity index (χ2v) is 7.02. The predicted octanol–water partition coefficient (Wildman–Crippen LogP) is 2.36. The summed E-state index contributed by atoms with van der Waals surface area (Å²) in [5, 5.41) is 13.3. The molecule has 0 spiro atoms. The van der Waals surface area contributed by atoms with Crippen molar-refractivity contribution in [3.05, 3.63) is 24.7 Å². The number of H-pyrrole nitrogens is 1. The summed E-state index contributed by atoms with van der Waals surface area (Å²) < 4.78 is 5.63. The maximum Gasteiger partial charge on any atom is 0.407 e. The monoisotopic (exact) mass is 352 g/mol. The minimum absolute atomic E-state index is 0.124. The van der Waals surface area contributed by atoms with E-state index in [1.54, 1.807) is 18.6 Å². The number of anilines is 1. The van der Waals surface area contributed by atoms with Gasteiger partial charge in [0.05, 0.1) is 12.7 Å². The van der Waals surface area contributed by atoms with E-state index in [2.05, 4.69) is 30.4 Å². The highest BCUT2D eigenvalue weighted by atomic mass is 16.6. The zero-order valence-electron chi connectivity index (χ0n) is 14.3. The normalized spacial score (nSPS) is 20.5. The molecule has 26 heavy (non-hydrogen) atoms. The molecular weight excluding hydrogens is 332 g/mol. The summed E-state index contributed by atoms with van der Waals surface area (Å²) >= 11 is 0. The van der Waals surface area contributed by atoms with E-state index in [-0.39, 0.29) is 12.2 Å². The van der Waals surface area contributed by atoms with Gasteiger partial charge in [0.15, 0.2) is 5.65 Å². The van der Waals surface area contributed by atoms with E-state index >= 15 is 0 Å². The number of piperidine rings is 1. The maximum absolute atomic E-state index is 12.0. The number of ether oxygens (including phenoxy) is 1. The lowest BCUT2D eigenvalue weighted by Crippen LogP contribution is -2.43. The van der Waals surface area contributed by atoms with Crippen molar-refractivity contribution in [2.24, 2.45) is 0 Å². The van der Waals surface area contributed by atoms with E-state index < -0.39 is 0 Å². The van der Waals surface area contributed by atoms with Crippen LogP contribution in [0.1, 0.15) is 25.7 Å². The molecule has 0 radical (unpaired) electrons. The Labute approximate surface area is 149 Å². The highest BCUT2D eigenvalue weighted by Gasteiger charge is 2.28. The number of amides is 1. The third kappa shape index (κ3) is 2.81. The van der Waals surface area contributed by atoms with Gasteiger partial charge in [-0.15, -0.1) is 0 Å². The number of aromatic amines is 1. The van der Waals surface area contributed by atoms with Gasteiger partial charge in [0, 0.05) is 41.1 Å². The molecule has 1 amide bonds. The molecule has 1 saturated heterocycles. The number of pyridine rings is 1. The first-order chi connectivity index (χ1) is 12.8. The number of hydrogen-bond donors (Lipinski definition) is 2. The van der Waals surface area contributed by atoms with Crippen molar-refractivity contribution in [2.45, 2.75) is 37.8 Å². The number of hydrogen-bond acceptors (Lipinski definition) is 6. The van der Waals surface area contributed by atoms with Gasteiger partial charge in [0.1, 0.15) is 11.9 Å². The Morgan fingerprint density at radius 3 is 3.08 bits per heavy atom. The number of carbonyl (C=O) groups is 1. The molecule has 2 aliphatic rings. The highest BCUT2D eigenvalue weighted by molar-refractivity contribution is 6.09. The highest BCUT2D eigenvalue weighted by Crippen LogP contribution is 2.31. The van der Waals surface area contributed by atoms with Crippen molar-refractivity contribution in [1.29, 1.82) is 0 Å². The van der Waals surface area contributed by atoms with Crippen LogP contribution >= 0.6 is 0 Å². The summed E-state index contributed by atoms with van der Waals surface area (Å²) in [5.41, 5.74) is 0.729. The van der Waals surface area contributed by atoms with Crippen LogP contribution in [0.4, 0.5) is 10.6 Å². The van der Waals surface area contributed by atoms with Crippen LogP contribution in [0, 0.1) is 0 Å². The number of carbonyl (C=O) groups excluding carboxylic acids is 1. The minimum atomic E-state index is -0.300. The Morgan fingerprint density at radius 2 is 2.19 bits per heavy atom. The molecular formula is C18H20N6O2. The molecule has 8 heteroatoms. The predicted molar refractivity (Wildman–Crippen MR) is 97.1 cm³/mol. The molecule has 3 aromatic heterocycles. The molecule has 5 rings (SSSR count). The van der Waals surface area contributed by atoms with Crippen molar-refractivity contribution in [3.63, 3.8) is 0 Å². The first-order valence-electron chi connectivity index (χ1n) is 9.07. The molecule has 2 fully saturated rings. The SMILES string of the molecule is O=C(NC1CC1)OC1CCCN(c2[nH]ncc3cnc4nccc4c23)C1. The minimum Gasteiger partial charge on any atom is -0.444 e. The van der Waals surface area contributed by atoms with E-state index in [1.807, 2.05) is 6.07 Å². The van der Waals surface area contributed by atoms with Crippen LogP contribution in [0.5, 0.6) is 0 Å². The molecule has 134 valence electrons. The fraction of sp³-hybridized carbons (Fsp3) is 0.444. The molecule has 2 N–H and O–H groups in total. The maximum atomic E-state index is 12.0. The lowest BCUT2D eigenvalue weighted by molar-refractivity contribution is 0.0879. The summed E-state index contributed by atoms with van der Waals surface area (Å²) in [6.07, 6.45) is 8.87. The zero-order valence-corrected chi connectivity index (χ0v) is 14.3. The van der Waals surface area contributed by atoms with E-state index in [0.29, 0.717) is 12.6 Å². The number of alkyl carbamates (subject to hydrolysis) is 1. The van der Waals surface area contributed by atoms with Crippen LogP contribution in [0.3, 0.4) is 0 Å². The van der Waals surface area contributed by atoms with Gasteiger partial charge >= 0.3 is 6.09 Å². The molecule has 0 aromatic carbocycles. The number of aromatic nitrogens is 4. The molecule has 8 nitrogen and oxygen atoms in total. The topological polar surface area (TPSA) is 96.0 Å². The van der Waals surface area contributed by atoms with Gasteiger partial charge in [-0.3, -0.25) is 5.10 Å². The average Bonchev–Trinajstić information content (AvgIpc) is 3.33. The van der Waals surface area contributed by atoms with Gasteiger partial charge < -0.3 is 15.0 Å². The van der Waals surface area contributed by atoms with E-state index in [9.17, 15) is 4.79 Å². The van der Waals surface area contributed by atoms with Gasteiger partial charge in [-0.05, 0) is 31.7 Å². The molecule has 1 saturated carbocycles. The van der Waals surface area contributed by atoms with Crippen LogP contribution in [0.25, 0.3) is 21.8 Å². The van der Waals surface area contributed by atoms with Crippen LogP contribution in [-0.2, 0) is 4.74 Å². The molecule has 1 atom stereocenters. The smallest absolute Gasteiger partial charge is 0.407 e.